The molecule has 2 saturated carbocycles. The van der Waals surface area contributed by atoms with Crippen molar-refractivity contribution in [2.75, 3.05) is 0 Å². The van der Waals surface area contributed by atoms with Crippen LogP contribution in [-0.2, 0) is 0 Å². The lowest BCUT2D eigenvalue weighted by molar-refractivity contribution is 0.392. The van der Waals surface area contributed by atoms with Crippen LogP contribution < -0.4 is 0 Å². The molecular formula is C17H21ClN2. The van der Waals surface area contributed by atoms with Gasteiger partial charge in [0.05, 0.1) is 16.4 Å². The number of halogens is 1. The zero-order valence-electron chi connectivity index (χ0n) is 12.1. The first-order chi connectivity index (χ1) is 9.66. The van der Waals surface area contributed by atoms with Crippen molar-refractivity contribution in [3.8, 4) is 0 Å². The van der Waals surface area contributed by atoms with Crippen LogP contribution in [0.15, 0.2) is 18.2 Å². The monoisotopic (exact) mass is 288 g/mol. The molecule has 1 aromatic heterocycles. The van der Waals surface area contributed by atoms with Crippen LogP contribution in [0.2, 0.25) is 0 Å². The summed E-state index contributed by atoms with van der Waals surface area (Å²) in [5.41, 5.74) is 3.75. The molecule has 1 aromatic carbocycles. The fourth-order valence-corrected chi connectivity index (χ4v) is 3.76. The van der Waals surface area contributed by atoms with Crippen molar-refractivity contribution in [1.29, 1.82) is 0 Å². The number of nitrogens with zero attached hydrogens (tertiary/aromatic N) is 2. The lowest BCUT2D eigenvalue weighted by Crippen LogP contribution is -2.17. The van der Waals surface area contributed by atoms with Gasteiger partial charge in [-0.2, -0.15) is 0 Å². The summed E-state index contributed by atoms with van der Waals surface area (Å²) in [6.45, 7) is 4.24. The molecule has 4 rings (SSSR count). The van der Waals surface area contributed by atoms with Gasteiger partial charge in [-0.15, -0.1) is 11.6 Å². The number of fused-ring (bicyclic) bond motifs is 1. The van der Waals surface area contributed by atoms with Crippen molar-refractivity contribution in [2.45, 2.75) is 50.9 Å². The Morgan fingerprint density at radius 3 is 2.40 bits per heavy atom. The third-order valence-corrected chi connectivity index (χ3v) is 5.00. The highest BCUT2D eigenvalue weighted by Crippen LogP contribution is 2.53. The molecule has 106 valence electrons. The minimum absolute atomic E-state index is 0.0261. The molecule has 2 aromatic rings. The van der Waals surface area contributed by atoms with Gasteiger partial charge in [0.15, 0.2) is 0 Å². The molecule has 2 aliphatic carbocycles. The number of para-hydroxylation sites is 1. The zero-order valence-corrected chi connectivity index (χ0v) is 12.9. The Morgan fingerprint density at radius 2 is 1.85 bits per heavy atom. The van der Waals surface area contributed by atoms with Crippen molar-refractivity contribution in [3.63, 3.8) is 0 Å². The number of aryl methyl sites for hydroxylation is 1. The Kier molecular flexibility index (Phi) is 2.85. The van der Waals surface area contributed by atoms with E-state index >= 15 is 0 Å². The number of imidazole rings is 1. The second kappa shape index (κ2) is 4.49. The van der Waals surface area contributed by atoms with Gasteiger partial charge >= 0.3 is 0 Å². The van der Waals surface area contributed by atoms with Crippen LogP contribution in [0.5, 0.6) is 0 Å². The maximum Gasteiger partial charge on any atom is 0.127 e. The summed E-state index contributed by atoms with van der Waals surface area (Å²) in [4.78, 5) is 4.85. The Balaban J connectivity index is 1.96. The average Bonchev–Trinajstić information content (AvgIpc) is 3.29. The second-order valence-corrected chi connectivity index (χ2v) is 7.22. The van der Waals surface area contributed by atoms with Crippen LogP contribution in [0.25, 0.3) is 11.0 Å². The summed E-state index contributed by atoms with van der Waals surface area (Å²) < 4.78 is 2.51. The van der Waals surface area contributed by atoms with E-state index < -0.39 is 0 Å². The SMILES string of the molecule is Cc1cccc2nc(C(C)Cl)n(C(C3CC3)C3CC3)c12. The van der Waals surface area contributed by atoms with Gasteiger partial charge in [-0.3, -0.25) is 0 Å². The molecule has 0 spiro atoms. The largest absolute Gasteiger partial charge is 0.323 e. The van der Waals surface area contributed by atoms with Crippen molar-refractivity contribution >= 4 is 22.6 Å². The number of hydrogen-bond donors (Lipinski definition) is 0. The molecule has 0 N–H and O–H groups in total. The summed E-state index contributed by atoms with van der Waals surface area (Å²) in [6, 6.07) is 7.05. The van der Waals surface area contributed by atoms with E-state index in [0.717, 1.165) is 23.2 Å². The maximum absolute atomic E-state index is 6.44. The van der Waals surface area contributed by atoms with Crippen molar-refractivity contribution < 1.29 is 0 Å². The fourth-order valence-electron chi connectivity index (χ4n) is 3.60. The lowest BCUT2D eigenvalue weighted by atomic mass is 10.1. The number of benzene rings is 1. The molecule has 20 heavy (non-hydrogen) atoms. The van der Waals surface area contributed by atoms with Gasteiger partial charge in [-0.05, 0) is 63.0 Å². The van der Waals surface area contributed by atoms with Gasteiger partial charge in [-0.1, -0.05) is 12.1 Å². The molecule has 1 atom stereocenters. The molecule has 0 radical (unpaired) electrons. The zero-order chi connectivity index (χ0) is 13.9. The molecule has 1 heterocycles. The normalized spacial score (nSPS) is 20.8. The van der Waals surface area contributed by atoms with Crippen molar-refractivity contribution in [3.05, 3.63) is 29.6 Å². The summed E-state index contributed by atoms with van der Waals surface area (Å²) in [5, 5.41) is -0.0261. The maximum atomic E-state index is 6.44. The number of aromatic nitrogens is 2. The fraction of sp³-hybridized carbons (Fsp3) is 0.588. The minimum atomic E-state index is -0.0261. The highest BCUT2D eigenvalue weighted by atomic mass is 35.5. The van der Waals surface area contributed by atoms with Crippen LogP contribution >= 0.6 is 11.6 Å². The van der Waals surface area contributed by atoms with E-state index in [4.69, 9.17) is 16.6 Å². The molecule has 0 bridgehead atoms. The predicted octanol–water partition coefficient (Wildman–Crippen LogP) is 5.01. The van der Waals surface area contributed by atoms with Crippen LogP contribution in [-0.4, -0.2) is 9.55 Å². The van der Waals surface area contributed by atoms with E-state index in [1.807, 2.05) is 6.92 Å². The van der Waals surface area contributed by atoms with Crippen LogP contribution in [0.4, 0.5) is 0 Å². The second-order valence-electron chi connectivity index (χ2n) is 6.56. The summed E-state index contributed by atoms with van der Waals surface area (Å²) in [7, 11) is 0. The smallest absolute Gasteiger partial charge is 0.127 e. The molecule has 2 fully saturated rings. The first-order valence-corrected chi connectivity index (χ1v) is 8.22. The molecule has 1 unspecified atom stereocenters. The van der Waals surface area contributed by atoms with E-state index in [2.05, 4.69) is 29.7 Å². The standard InChI is InChI=1S/C17H21ClN2/c1-10-4-3-5-14-15(10)20(17(19-14)11(2)18)16(12-6-7-12)13-8-9-13/h3-5,11-13,16H,6-9H2,1-2H3. The van der Waals surface area contributed by atoms with E-state index in [9.17, 15) is 0 Å². The van der Waals surface area contributed by atoms with Gasteiger partial charge in [-0.25, -0.2) is 4.98 Å². The molecule has 0 amide bonds. The van der Waals surface area contributed by atoms with E-state index in [0.29, 0.717) is 6.04 Å². The number of alkyl halides is 1. The third-order valence-electron chi connectivity index (χ3n) is 4.80. The Hall–Kier alpha value is -1.02. The highest BCUT2D eigenvalue weighted by Gasteiger charge is 2.44. The quantitative estimate of drug-likeness (QED) is 0.724. The Bertz CT molecular complexity index is 638. The van der Waals surface area contributed by atoms with E-state index in [1.165, 1.54) is 36.8 Å². The third kappa shape index (κ3) is 1.96. The molecule has 3 heteroatoms. The Morgan fingerprint density at radius 1 is 1.20 bits per heavy atom. The van der Waals surface area contributed by atoms with Crippen molar-refractivity contribution in [1.82, 2.24) is 9.55 Å². The Labute approximate surface area is 125 Å². The van der Waals surface area contributed by atoms with Crippen LogP contribution in [0.3, 0.4) is 0 Å². The van der Waals surface area contributed by atoms with Gasteiger partial charge in [0.1, 0.15) is 5.82 Å². The molecule has 2 aliphatic rings. The molecule has 2 nitrogen and oxygen atoms in total. The summed E-state index contributed by atoms with van der Waals surface area (Å²) in [6.07, 6.45) is 5.51. The molecule has 0 aliphatic heterocycles. The van der Waals surface area contributed by atoms with Gasteiger partial charge in [0.2, 0.25) is 0 Å². The minimum Gasteiger partial charge on any atom is -0.323 e. The number of rotatable bonds is 4. The topological polar surface area (TPSA) is 17.8 Å². The highest BCUT2D eigenvalue weighted by molar-refractivity contribution is 6.20. The predicted molar refractivity (Wildman–Crippen MR) is 83.2 cm³/mol. The summed E-state index contributed by atoms with van der Waals surface area (Å²) >= 11 is 6.44. The molecular weight excluding hydrogens is 268 g/mol. The van der Waals surface area contributed by atoms with Crippen LogP contribution in [0.1, 0.15) is 55.4 Å². The van der Waals surface area contributed by atoms with Gasteiger partial charge < -0.3 is 4.57 Å². The average molecular weight is 289 g/mol. The van der Waals surface area contributed by atoms with E-state index in [-0.39, 0.29) is 5.38 Å². The van der Waals surface area contributed by atoms with Crippen molar-refractivity contribution in [2.24, 2.45) is 11.8 Å². The lowest BCUT2D eigenvalue weighted by Gasteiger charge is -2.23. The van der Waals surface area contributed by atoms with Gasteiger partial charge in [0, 0.05) is 6.04 Å². The van der Waals surface area contributed by atoms with Gasteiger partial charge in [0.25, 0.3) is 0 Å². The number of hydrogen-bond acceptors (Lipinski definition) is 1. The van der Waals surface area contributed by atoms with Crippen LogP contribution in [0, 0.1) is 18.8 Å². The summed E-state index contributed by atoms with van der Waals surface area (Å²) in [5.74, 6) is 2.78. The molecule has 0 saturated heterocycles. The van der Waals surface area contributed by atoms with E-state index in [1.54, 1.807) is 0 Å². The first-order valence-electron chi connectivity index (χ1n) is 7.78. The first kappa shape index (κ1) is 12.7.